The molecule has 0 spiro atoms. The number of aryl methyl sites for hydroxylation is 1. The van der Waals surface area contributed by atoms with Crippen LogP contribution in [0.4, 0.5) is 5.69 Å². The zero-order valence-electron chi connectivity index (χ0n) is 14.7. The molecule has 0 fully saturated rings. The molecule has 0 radical (unpaired) electrons. The van der Waals surface area contributed by atoms with Gasteiger partial charge in [0.2, 0.25) is 0 Å². The molecule has 0 atom stereocenters. The van der Waals surface area contributed by atoms with Gasteiger partial charge >= 0.3 is 0 Å². The number of aromatic nitrogens is 2. The Morgan fingerprint density at radius 2 is 1.58 bits per heavy atom. The monoisotopic (exact) mass is 341 g/mol. The molecule has 1 N–H and O–H groups in total. The maximum atomic E-state index is 12.9. The summed E-state index contributed by atoms with van der Waals surface area (Å²) in [7, 11) is 0. The van der Waals surface area contributed by atoms with Crippen molar-refractivity contribution in [2.45, 2.75) is 13.8 Å². The van der Waals surface area contributed by atoms with E-state index in [-0.39, 0.29) is 5.91 Å². The molecule has 1 heterocycles. The molecule has 4 rings (SSSR count). The highest BCUT2D eigenvalue weighted by Crippen LogP contribution is 2.24. The number of anilines is 1. The third-order valence-corrected chi connectivity index (χ3v) is 4.54. The van der Waals surface area contributed by atoms with Crippen molar-refractivity contribution in [1.29, 1.82) is 0 Å². The predicted octanol–water partition coefficient (Wildman–Crippen LogP) is 4.89. The molecule has 0 aliphatic heterocycles. The lowest BCUT2D eigenvalue weighted by Gasteiger charge is -2.09. The van der Waals surface area contributed by atoms with E-state index in [9.17, 15) is 4.79 Å². The number of nitrogens with one attached hydrogen (secondary N) is 1. The van der Waals surface area contributed by atoms with E-state index < -0.39 is 0 Å². The topological polar surface area (TPSA) is 46.9 Å². The molecule has 4 heteroatoms. The molecule has 26 heavy (non-hydrogen) atoms. The first kappa shape index (κ1) is 16.1. The zero-order valence-corrected chi connectivity index (χ0v) is 14.7. The zero-order chi connectivity index (χ0) is 18.1. The number of carbonyl (C=O) groups is 1. The van der Waals surface area contributed by atoms with Crippen LogP contribution in [0, 0.1) is 13.8 Å². The van der Waals surface area contributed by atoms with Crippen molar-refractivity contribution >= 4 is 22.4 Å². The number of fused-ring (bicyclic) bond motifs is 1. The van der Waals surface area contributed by atoms with Gasteiger partial charge in [-0.1, -0.05) is 54.6 Å². The first-order chi connectivity index (χ1) is 12.6. The number of benzene rings is 3. The quantitative estimate of drug-likeness (QED) is 0.576. The second-order valence-electron chi connectivity index (χ2n) is 6.24. The van der Waals surface area contributed by atoms with Gasteiger partial charge in [-0.2, -0.15) is 0 Å². The molecule has 0 aliphatic rings. The van der Waals surface area contributed by atoms with Crippen molar-refractivity contribution in [2.24, 2.45) is 0 Å². The summed E-state index contributed by atoms with van der Waals surface area (Å²) in [5, 5.41) is 5.12. The highest BCUT2D eigenvalue weighted by atomic mass is 16.1. The Kier molecular flexibility index (Phi) is 4.01. The predicted molar refractivity (Wildman–Crippen MR) is 105 cm³/mol. The first-order valence-corrected chi connectivity index (χ1v) is 8.55. The molecule has 0 saturated heterocycles. The maximum absolute atomic E-state index is 12.9. The molecule has 0 bridgehead atoms. The third-order valence-electron chi connectivity index (χ3n) is 4.54. The van der Waals surface area contributed by atoms with Crippen LogP contribution in [0.1, 0.15) is 22.0 Å². The van der Waals surface area contributed by atoms with Gasteiger partial charge in [-0.3, -0.25) is 4.79 Å². The summed E-state index contributed by atoms with van der Waals surface area (Å²) in [6, 6.07) is 23.8. The normalized spacial score (nSPS) is 10.8. The van der Waals surface area contributed by atoms with E-state index in [1.807, 2.05) is 91.2 Å². The van der Waals surface area contributed by atoms with Gasteiger partial charge in [0.15, 0.2) is 0 Å². The van der Waals surface area contributed by atoms with Gasteiger partial charge in [0.25, 0.3) is 5.91 Å². The summed E-state index contributed by atoms with van der Waals surface area (Å²) in [4.78, 5) is 17.4. The minimum Gasteiger partial charge on any atom is -0.320 e. The average molecular weight is 341 g/mol. The number of hydrogen-bond acceptors (Lipinski definition) is 2. The second-order valence-corrected chi connectivity index (χ2v) is 6.24. The van der Waals surface area contributed by atoms with Crippen LogP contribution in [0.25, 0.3) is 16.5 Å². The Balaban J connectivity index is 1.71. The molecule has 1 amide bonds. The fourth-order valence-corrected chi connectivity index (χ4v) is 3.33. The van der Waals surface area contributed by atoms with E-state index in [1.54, 1.807) is 0 Å². The Bertz CT molecular complexity index is 1090. The molecule has 3 aromatic carbocycles. The lowest BCUT2D eigenvalue weighted by Crippen LogP contribution is -2.14. The fourth-order valence-electron chi connectivity index (χ4n) is 3.33. The van der Waals surface area contributed by atoms with Gasteiger partial charge in [0, 0.05) is 16.8 Å². The summed E-state index contributed by atoms with van der Waals surface area (Å²) in [5.74, 6) is 0.591. The van der Waals surface area contributed by atoms with Crippen LogP contribution in [-0.2, 0) is 0 Å². The number of carbonyl (C=O) groups excluding carboxylic acids is 1. The highest BCUT2D eigenvalue weighted by molar-refractivity contribution is 6.08. The highest BCUT2D eigenvalue weighted by Gasteiger charge is 2.19. The fraction of sp³-hybridized carbons (Fsp3) is 0.0909. The standard InChI is InChI=1S/C22H19N3O/c1-15-21(23-16(2)25(15)18-11-4-3-5-12-18)22(26)24-20-14-8-10-17-9-6-7-13-19(17)20/h3-14H,1-2H3,(H,24,26). The number of hydrogen-bond donors (Lipinski definition) is 1. The maximum Gasteiger partial charge on any atom is 0.276 e. The summed E-state index contributed by atoms with van der Waals surface area (Å²) >= 11 is 0. The Hall–Kier alpha value is -3.40. The summed E-state index contributed by atoms with van der Waals surface area (Å²) in [6.07, 6.45) is 0. The molecular weight excluding hydrogens is 322 g/mol. The van der Waals surface area contributed by atoms with Crippen molar-refractivity contribution in [3.8, 4) is 5.69 Å². The first-order valence-electron chi connectivity index (χ1n) is 8.55. The van der Waals surface area contributed by atoms with Crippen LogP contribution in [0.3, 0.4) is 0 Å². The summed E-state index contributed by atoms with van der Waals surface area (Å²) < 4.78 is 2.00. The van der Waals surface area contributed by atoms with Crippen LogP contribution < -0.4 is 5.32 Å². The van der Waals surface area contributed by atoms with Crippen LogP contribution in [-0.4, -0.2) is 15.5 Å². The van der Waals surface area contributed by atoms with E-state index in [0.717, 1.165) is 33.7 Å². The largest absolute Gasteiger partial charge is 0.320 e. The lowest BCUT2D eigenvalue weighted by molar-refractivity contribution is 0.102. The molecule has 0 aliphatic carbocycles. The van der Waals surface area contributed by atoms with Gasteiger partial charge in [-0.25, -0.2) is 4.98 Å². The summed E-state index contributed by atoms with van der Waals surface area (Å²) in [5.41, 5.74) is 3.06. The van der Waals surface area contributed by atoms with Gasteiger partial charge in [-0.05, 0) is 37.4 Å². The van der Waals surface area contributed by atoms with E-state index in [1.165, 1.54) is 0 Å². The molecule has 1 aromatic heterocycles. The Morgan fingerprint density at radius 3 is 2.38 bits per heavy atom. The van der Waals surface area contributed by atoms with E-state index in [0.29, 0.717) is 5.69 Å². The van der Waals surface area contributed by atoms with Crippen molar-refractivity contribution in [3.05, 3.63) is 90.0 Å². The summed E-state index contributed by atoms with van der Waals surface area (Å²) in [6.45, 7) is 3.83. The van der Waals surface area contributed by atoms with E-state index in [2.05, 4.69) is 10.3 Å². The smallest absolute Gasteiger partial charge is 0.276 e. The third kappa shape index (κ3) is 2.75. The Morgan fingerprint density at radius 1 is 0.885 bits per heavy atom. The minimum absolute atomic E-state index is 0.198. The van der Waals surface area contributed by atoms with Crippen molar-refractivity contribution in [3.63, 3.8) is 0 Å². The minimum atomic E-state index is -0.198. The molecule has 128 valence electrons. The molecule has 0 unspecified atom stereocenters. The SMILES string of the molecule is Cc1nc(C(=O)Nc2cccc3ccccc23)c(C)n1-c1ccccc1. The number of amides is 1. The van der Waals surface area contributed by atoms with Crippen LogP contribution in [0.15, 0.2) is 72.8 Å². The van der Waals surface area contributed by atoms with Crippen LogP contribution in [0.5, 0.6) is 0 Å². The van der Waals surface area contributed by atoms with Crippen LogP contribution >= 0.6 is 0 Å². The van der Waals surface area contributed by atoms with Crippen LogP contribution in [0.2, 0.25) is 0 Å². The lowest BCUT2D eigenvalue weighted by atomic mass is 10.1. The molecule has 4 aromatic rings. The molecule has 4 nitrogen and oxygen atoms in total. The molecule has 0 saturated carbocycles. The van der Waals surface area contributed by atoms with Gasteiger partial charge < -0.3 is 9.88 Å². The number of nitrogens with zero attached hydrogens (tertiary/aromatic N) is 2. The number of imidazole rings is 1. The van der Waals surface area contributed by atoms with Gasteiger partial charge in [0.05, 0.1) is 5.69 Å². The number of rotatable bonds is 3. The van der Waals surface area contributed by atoms with E-state index >= 15 is 0 Å². The second kappa shape index (κ2) is 6.48. The average Bonchev–Trinajstić information content (AvgIpc) is 2.97. The van der Waals surface area contributed by atoms with Crippen molar-refractivity contribution in [1.82, 2.24) is 9.55 Å². The van der Waals surface area contributed by atoms with Crippen molar-refractivity contribution < 1.29 is 4.79 Å². The van der Waals surface area contributed by atoms with Gasteiger partial charge in [-0.15, -0.1) is 0 Å². The van der Waals surface area contributed by atoms with Crippen molar-refractivity contribution in [2.75, 3.05) is 5.32 Å². The van der Waals surface area contributed by atoms with E-state index in [4.69, 9.17) is 0 Å². The number of para-hydroxylation sites is 1. The molecular formula is C22H19N3O. The Labute approximate surface area is 152 Å². The van der Waals surface area contributed by atoms with Gasteiger partial charge in [0.1, 0.15) is 11.5 Å².